The molecule has 318 valence electrons. The van der Waals surface area contributed by atoms with E-state index < -0.39 is 0 Å². The van der Waals surface area contributed by atoms with Gasteiger partial charge in [-0.1, -0.05) is 41.5 Å². The number of methoxy groups -OCH3 is 1. The summed E-state index contributed by atoms with van der Waals surface area (Å²) in [6.45, 7) is 14.4. The van der Waals surface area contributed by atoms with Gasteiger partial charge in [-0.05, 0) is 208 Å². The molecule has 0 aromatic heterocycles. The van der Waals surface area contributed by atoms with Crippen LogP contribution in [0.1, 0.15) is 170 Å². The molecule has 0 amide bonds. The lowest BCUT2D eigenvalue weighted by atomic mass is 9.43. The minimum Gasteiger partial charge on any atom is -0.469 e. The second-order valence-corrected chi connectivity index (χ2v) is 22.8. The highest BCUT2D eigenvalue weighted by molar-refractivity contribution is 5.69. The van der Waals surface area contributed by atoms with Crippen LogP contribution in [0, 0.1) is 92.7 Å². The molecule has 0 bridgehead atoms. The Morgan fingerprint density at radius 3 is 1.59 bits per heavy atom. The Hall–Kier alpha value is -1.18. The maximum Gasteiger partial charge on any atom is 0.306 e. The topological polar surface area (TPSA) is 113 Å². The number of hydrogen-bond donors (Lipinski definition) is 3. The van der Waals surface area contributed by atoms with E-state index in [1.54, 1.807) is 0 Å². The van der Waals surface area contributed by atoms with Gasteiger partial charge in [0.2, 0.25) is 0 Å². The fraction of sp³-hybridized carbons (Fsp3) is 0.959. The summed E-state index contributed by atoms with van der Waals surface area (Å²) >= 11 is 0. The normalized spacial score (nSPS) is 51.9. The fourth-order valence-corrected chi connectivity index (χ4v) is 17.9. The van der Waals surface area contributed by atoms with E-state index in [0.717, 1.165) is 77.0 Å². The summed E-state index contributed by atoms with van der Waals surface area (Å²) in [6, 6.07) is 0. The summed E-state index contributed by atoms with van der Waals surface area (Å²) in [6.07, 6.45) is 19.2. The van der Waals surface area contributed by atoms with Crippen molar-refractivity contribution < 1.29 is 34.4 Å². The second-order valence-electron chi connectivity index (χ2n) is 22.8. The number of aliphatic hydroxyl groups is 3. The van der Waals surface area contributed by atoms with Crippen molar-refractivity contribution in [3.63, 3.8) is 0 Å². The van der Waals surface area contributed by atoms with E-state index in [-0.39, 0.29) is 58.0 Å². The molecule has 8 fully saturated rings. The van der Waals surface area contributed by atoms with Gasteiger partial charge in [0.15, 0.2) is 0 Å². The van der Waals surface area contributed by atoms with Crippen LogP contribution in [-0.4, -0.2) is 58.8 Å². The fourth-order valence-electron chi connectivity index (χ4n) is 17.9. The van der Waals surface area contributed by atoms with Crippen molar-refractivity contribution in [3.05, 3.63) is 0 Å². The Labute approximate surface area is 339 Å². The van der Waals surface area contributed by atoms with Gasteiger partial charge in [-0.15, -0.1) is 0 Å². The Bertz CT molecular complexity index is 1450. The number of aliphatic hydroxyl groups excluding tert-OH is 3. The summed E-state index contributed by atoms with van der Waals surface area (Å²) in [7, 11) is 1.47. The third kappa shape index (κ3) is 6.58. The average molecular weight is 781 g/mol. The number of esters is 2. The van der Waals surface area contributed by atoms with Crippen LogP contribution in [-0.2, 0) is 19.1 Å². The number of ether oxygens (including phenoxy) is 2. The lowest BCUT2D eigenvalue weighted by molar-refractivity contribution is -0.182. The summed E-state index contributed by atoms with van der Waals surface area (Å²) in [4.78, 5) is 25.5. The van der Waals surface area contributed by atoms with Crippen molar-refractivity contribution in [2.45, 2.75) is 194 Å². The number of rotatable bonds is 9. The van der Waals surface area contributed by atoms with Crippen LogP contribution in [0.3, 0.4) is 0 Å². The number of carbonyl (C=O) groups excluding carboxylic acids is 2. The van der Waals surface area contributed by atoms with E-state index >= 15 is 0 Å². The highest BCUT2D eigenvalue weighted by Gasteiger charge is 2.65. The van der Waals surface area contributed by atoms with Crippen molar-refractivity contribution in [3.8, 4) is 0 Å². The van der Waals surface area contributed by atoms with E-state index in [9.17, 15) is 24.9 Å². The Kier molecular flexibility index (Phi) is 11.4. The van der Waals surface area contributed by atoms with Crippen LogP contribution in [0.4, 0.5) is 0 Å². The lowest BCUT2D eigenvalue weighted by Gasteiger charge is -2.62. The first-order chi connectivity index (χ1) is 26.5. The Morgan fingerprint density at radius 2 is 1.07 bits per heavy atom. The van der Waals surface area contributed by atoms with Crippen molar-refractivity contribution in [1.82, 2.24) is 0 Å². The Morgan fingerprint density at radius 1 is 0.589 bits per heavy atom. The first-order valence-electron chi connectivity index (χ1n) is 23.9. The van der Waals surface area contributed by atoms with Crippen molar-refractivity contribution in [2.24, 2.45) is 92.7 Å². The summed E-state index contributed by atoms with van der Waals surface area (Å²) in [5.74, 6) is 6.11. The molecule has 20 atom stereocenters. The molecule has 8 aliphatic carbocycles. The first-order valence-corrected chi connectivity index (χ1v) is 23.9. The summed E-state index contributed by atoms with van der Waals surface area (Å²) in [5, 5.41) is 34.5. The van der Waals surface area contributed by atoms with Gasteiger partial charge in [-0.25, -0.2) is 0 Å². The highest BCUT2D eigenvalue weighted by Crippen LogP contribution is 2.70. The molecule has 0 spiro atoms. The van der Waals surface area contributed by atoms with Gasteiger partial charge in [0.05, 0.1) is 25.4 Å². The van der Waals surface area contributed by atoms with Gasteiger partial charge in [0, 0.05) is 12.8 Å². The largest absolute Gasteiger partial charge is 0.469 e. The minimum atomic E-state index is -0.311. The molecule has 8 saturated carbocycles. The van der Waals surface area contributed by atoms with Crippen LogP contribution in [0.2, 0.25) is 0 Å². The van der Waals surface area contributed by atoms with Crippen LogP contribution >= 0.6 is 0 Å². The lowest BCUT2D eigenvalue weighted by Crippen LogP contribution is -2.59. The molecule has 0 saturated heterocycles. The van der Waals surface area contributed by atoms with Gasteiger partial charge >= 0.3 is 11.9 Å². The quantitative estimate of drug-likeness (QED) is 0.200. The average Bonchev–Trinajstić information content (AvgIpc) is 3.73. The van der Waals surface area contributed by atoms with Crippen molar-refractivity contribution >= 4 is 11.9 Å². The molecule has 0 heterocycles. The van der Waals surface area contributed by atoms with Crippen LogP contribution < -0.4 is 0 Å². The zero-order valence-corrected chi connectivity index (χ0v) is 36.4. The molecule has 8 aliphatic rings. The van der Waals surface area contributed by atoms with Gasteiger partial charge < -0.3 is 24.8 Å². The molecule has 7 nitrogen and oxygen atoms in total. The Balaban J connectivity index is 0.842. The van der Waals surface area contributed by atoms with Gasteiger partial charge in [0.25, 0.3) is 0 Å². The SMILES string of the molecule is COC(=O)CC[C@@H](C)[C@H]1CC[C@H]2[C@@H]3CC[C@@H]4CC(OC(=O)CC[C@@H](C)[C@H]5CC[C@H]6[C@@H]7CC[C@@H]8C[C@H](O)CC[C@]8(C)C7C[C@H](O)[C@]56C)CC[C@]4(C)C3C[C@H](O)[C@]12C. The summed E-state index contributed by atoms with van der Waals surface area (Å²) < 4.78 is 11.3. The highest BCUT2D eigenvalue weighted by atomic mass is 16.5. The smallest absolute Gasteiger partial charge is 0.306 e. The molecule has 7 heteroatoms. The molecule has 3 unspecified atom stereocenters. The van der Waals surface area contributed by atoms with Gasteiger partial charge in [-0.3, -0.25) is 9.59 Å². The number of hydrogen-bond acceptors (Lipinski definition) is 7. The second kappa shape index (κ2) is 15.4. The van der Waals surface area contributed by atoms with E-state index in [4.69, 9.17) is 9.47 Å². The third-order valence-electron chi connectivity index (χ3n) is 21.1. The minimum absolute atomic E-state index is 0.000558. The summed E-state index contributed by atoms with van der Waals surface area (Å²) in [5.41, 5.74) is 0.261. The van der Waals surface area contributed by atoms with Crippen molar-refractivity contribution in [2.75, 3.05) is 7.11 Å². The zero-order valence-electron chi connectivity index (χ0n) is 36.4. The predicted molar refractivity (Wildman–Crippen MR) is 218 cm³/mol. The van der Waals surface area contributed by atoms with Crippen LogP contribution in [0.15, 0.2) is 0 Å². The van der Waals surface area contributed by atoms with Gasteiger partial charge in [0.1, 0.15) is 6.10 Å². The number of carbonyl (C=O) groups is 2. The molecule has 0 aromatic carbocycles. The maximum atomic E-state index is 13.5. The molecule has 0 radical (unpaired) electrons. The van der Waals surface area contributed by atoms with Crippen LogP contribution in [0.5, 0.6) is 0 Å². The molecular formula is C49H80O7. The standard InChI is InChI=1S/C49H80O7/c1-28(8-18-44(53)55-7)36-14-16-39-35-13-11-31-25-33(21-23-47(31,4)41(35)27-43(52)48(36,39)5)56-45(54)19-9-29(2)37-15-17-38-34-12-10-30-24-32(50)20-22-46(30,3)40(34)26-42(51)49(37,38)6/h28-43,50-52H,8-27H2,1-7H3/t28-,29-,30-,31-,32-,33?,34+,35+,36-,37-,38+,39+,40?,41?,42+,43+,46+,47+,48-,49-/m1/s1. The zero-order chi connectivity index (χ0) is 39.9. The van der Waals surface area contributed by atoms with E-state index in [0.29, 0.717) is 83.9 Å². The molecular weight excluding hydrogens is 701 g/mol. The molecule has 8 rings (SSSR count). The van der Waals surface area contributed by atoms with Crippen LogP contribution in [0.25, 0.3) is 0 Å². The third-order valence-corrected chi connectivity index (χ3v) is 21.1. The molecule has 3 N–H and O–H groups in total. The molecule has 56 heavy (non-hydrogen) atoms. The first kappa shape index (κ1) is 41.5. The van der Waals surface area contributed by atoms with Crippen molar-refractivity contribution in [1.29, 1.82) is 0 Å². The number of fused-ring (bicyclic) bond motifs is 10. The van der Waals surface area contributed by atoms with E-state index in [1.807, 2.05) is 0 Å². The van der Waals surface area contributed by atoms with E-state index in [2.05, 4.69) is 41.5 Å². The molecule has 0 aliphatic heterocycles. The molecule has 0 aromatic rings. The maximum absolute atomic E-state index is 13.5. The monoisotopic (exact) mass is 781 g/mol. The van der Waals surface area contributed by atoms with Gasteiger partial charge in [-0.2, -0.15) is 0 Å². The van der Waals surface area contributed by atoms with E-state index in [1.165, 1.54) is 45.6 Å². The predicted octanol–water partition coefficient (Wildman–Crippen LogP) is 9.52.